The van der Waals surface area contributed by atoms with Gasteiger partial charge >= 0.3 is 0 Å². The molecule has 3 saturated heterocycles. The molecule has 0 aromatic heterocycles. The minimum absolute atomic E-state index is 0.116. The zero-order valence-electron chi connectivity index (χ0n) is 15.1. The first-order valence-corrected chi connectivity index (χ1v) is 9.49. The van der Waals surface area contributed by atoms with Gasteiger partial charge in [0.25, 0.3) is 5.91 Å². The van der Waals surface area contributed by atoms with E-state index in [2.05, 4.69) is 18.7 Å². The van der Waals surface area contributed by atoms with E-state index in [1.807, 2.05) is 9.80 Å². The predicted molar refractivity (Wildman–Crippen MR) is 91.6 cm³/mol. The monoisotopic (exact) mass is 337 g/mol. The lowest BCUT2D eigenvalue weighted by molar-refractivity contribution is -0.147. The maximum absolute atomic E-state index is 12.7. The number of hydrogen-bond donors (Lipinski definition) is 0. The van der Waals surface area contributed by atoms with Crippen molar-refractivity contribution in [1.29, 1.82) is 0 Å². The molecule has 0 spiro atoms. The second-order valence-electron chi connectivity index (χ2n) is 7.56. The Hall–Kier alpha value is -1.14. The van der Waals surface area contributed by atoms with Gasteiger partial charge < -0.3 is 19.4 Å². The first kappa shape index (κ1) is 17.7. The van der Waals surface area contributed by atoms with Crippen molar-refractivity contribution in [3.63, 3.8) is 0 Å². The first-order chi connectivity index (χ1) is 11.6. The molecule has 3 fully saturated rings. The minimum Gasteiger partial charge on any atom is -0.368 e. The van der Waals surface area contributed by atoms with Crippen LogP contribution in [-0.2, 0) is 14.3 Å². The SMILES string of the molecule is CC(C)N1CCC(C(=O)N2CCN(C(=O)[C@H]3CCCO3)CC2)CC1. The van der Waals surface area contributed by atoms with E-state index >= 15 is 0 Å². The molecule has 136 valence electrons. The molecule has 0 radical (unpaired) electrons. The van der Waals surface area contributed by atoms with Gasteiger partial charge in [-0.15, -0.1) is 0 Å². The largest absolute Gasteiger partial charge is 0.368 e. The summed E-state index contributed by atoms with van der Waals surface area (Å²) in [6.45, 7) is 9.80. The van der Waals surface area contributed by atoms with Crippen LogP contribution in [0.4, 0.5) is 0 Å². The van der Waals surface area contributed by atoms with Gasteiger partial charge in [0.05, 0.1) is 0 Å². The fraction of sp³-hybridized carbons (Fsp3) is 0.889. The summed E-state index contributed by atoms with van der Waals surface area (Å²) in [5, 5.41) is 0. The molecule has 2 amide bonds. The summed E-state index contributed by atoms with van der Waals surface area (Å²) in [5.74, 6) is 0.577. The van der Waals surface area contributed by atoms with Crippen LogP contribution in [0.1, 0.15) is 39.5 Å². The van der Waals surface area contributed by atoms with E-state index < -0.39 is 0 Å². The number of rotatable bonds is 3. The Morgan fingerprint density at radius 1 is 0.875 bits per heavy atom. The highest BCUT2D eigenvalue weighted by Gasteiger charge is 2.34. The number of ether oxygens (including phenoxy) is 1. The van der Waals surface area contributed by atoms with E-state index in [0.717, 1.165) is 38.8 Å². The number of carbonyl (C=O) groups is 2. The van der Waals surface area contributed by atoms with Crippen LogP contribution in [0.25, 0.3) is 0 Å². The summed E-state index contributed by atoms with van der Waals surface area (Å²) in [6.07, 6.45) is 3.50. The number of hydrogen-bond acceptors (Lipinski definition) is 4. The molecule has 6 nitrogen and oxygen atoms in total. The van der Waals surface area contributed by atoms with Crippen molar-refractivity contribution in [1.82, 2.24) is 14.7 Å². The smallest absolute Gasteiger partial charge is 0.251 e. The fourth-order valence-electron chi connectivity index (χ4n) is 4.04. The maximum atomic E-state index is 12.7. The quantitative estimate of drug-likeness (QED) is 0.770. The van der Waals surface area contributed by atoms with E-state index in [-0.39, 0.29) is 17.9 Å². The molecular weight excluding hydrogens is 306 g/mol. The Bertz CT molecular complexity index is 446. The minimum atomic E-state index is -0.243. The molecule has 3 rings (SSSR count). The fourth-order valence-corrected chi connectivity index (χ4v) is 4.04. The Kier molecular flexibility index (Phi) is 5.76. The molecule has 0 aromatic rings. The van der Waals surface area contributed by atoms with Crippen LogP contribution in [0.3, 0.4) is 0 Å². The Morgan fingerprint density at radius 3 is 1.96 bits per heavy atom. The molecule has 0 aromatic carbocycles. The Balaban J connectivity index is 1.44. The average Bonchev–Trinajstić information content (AvgIpc) is 3.15. The first-order valence-electron chi connectivity index (χ1n) is 9.49. The molecule has 1 atom stereocenters. The van der Waals surface area contributed by atoms with Crippen molar-refractivity contribution < 1.29 is 14.3 Å². The molecule has 0 saturated carbocycles. The third kappa shape index (κ3) is 3.91. The zero-order chi connectivity index (χ0) is 17.1. The third-order valence-corrected chi connectivity index (χ3v) is 5.72. The van der Waals surface area contributed by atoms with Crippen molar-refractivity contribution in [2.24, 2.45) is 5.92 Å². The molecule has 3 aliphatic rings. The van der Waals surface area contributed by atoms with Crippen molar-refractivity contribution in [3.8, 4) is 0 Å². The molecule has 3 heterocycles. The van der Waals surface area contributed by atoms with Crippen LogP contribution in [0, 0.1) is 5.92 Å². The summed E-state index contributed by atoms with van der Waals surface area (Å²) >= 11 is 0. The van der Waals surface area contributed by atoms with Crippen LogP contribution in [0.5, 0.6) is 0 Å². The van der Waals surface area contributed by atoms with Crippen LogP contribution < -0.4 is 0 Å². The van der Waals surface area contributed by atoms with Crippen LogP contribution in [-0.4, -0.2) is 84.5 Å². The zero-order valence-corrected chi connectivity index (χ0v) is 15.1. The van der Waals surface area contributed by atoms with E-state index in [9.17, 15) is 9.59 Å². The molecule has 0 N–H and O–H groups in total. The summed E-state index contributed by atoms with van der Waals surface area (Å²) in [4.78, 5) is 31.4. The summed E-state index contributed by atoms with van der Waals surface area (Å²) in [7, 11) is 0. The molecular formula is C18H31N3O3. The number of amides is 2. The maximum Gasteiger partial charge on any atom is 0.251 e. The Labute approximate surface area is 145 Å². The molecule has 24 heavy (non-hydrogen) atoms. The number of likely N-dealkylation sites (tertiary alicyclic amines) is 1. The van der Waals surface area contributed by atoms with E-state index in [1.165, 1.54) is 0 Å². The standard InChI is InChI=1S/C18H31N3O3/c1-14(2)19-7-5-15(6-8-19)17(22)20-9-11-21(12-10-20)18(23)16-4-3-13-24-16/h14-16H,3-13H2,1-2H3/t16-/m1/s1. The molecule has 0 bridgehead atoms. The second-order valence-corrected chi connectivity index (χ2v) is 7.56. The van der Waals surface area contributed by atoms with Gasteiger partial charge in [-0.2, -0.15) is 0 Å². The van der Waals surface area contributed by atoms with Crippen molar-refractivity contribution >= 4 is 11.8 Å². The van der Waals surface area contributed by atoms with Crippen molar-refractivity contribution in [2.75, 3.05) is 45.9 Å². The highest BCUT2D eigenvalue weighted by atomic mass is 16.5. The van der Waals surface area contributed by atoms with E-state index in [4.69, 9.17) is 4.74 Å². The lowest BCUT2D eigenvalue weighted by atomic mass is 9.94. The number of nitrogens with zero attached hydrogens (tertiary/aromatic N) is 3. The normalized spacial score (nSPS) is 27.0. The van der Waals surface area contributed by atoms with Gasteiger partial charge in [0.2, 0.25) is 5.91 Å². The number of piperidine rings is 1. The molecule has 3 aliphatic heterocycles. The third-order valence-electron chi connectivity index (χ3n) is 5.72. The van der Waals surface area contributed by atoms with Gasteiger partial charge in [-0.25, -0.2) is 0 Å². The highest BCUT2D eigenvalue weighted by Crippen LogP contribution is 2.22. The van der Waals surface area contributed by atoms with E-state index in [1.54, 1.807) is 0 Å². The predicted octanol–water partition coefficient (Wildman–Crippen LogP) is 0.957. The van der Waals surface area contributed by atoms with Gasteiger partial charge in [0, 0.05) is 44.7 Å². The molecule has 0 unspecified atom stereocenters. The van der Waals surface area contributed by atoms with Gasteiger partial charge in [0.15, 0.2) is 0 Å². The average molecular weight is 337 g/mol. The molecule has 0 aliphatic carbocycles. The summed E-state index contributed by atoms with van der Waals surface area (Å²) < 4.78 is 5.49. The van der Waals surface area contributed by atoms with E-state index in [0.29, 0.717) is 44.7 Å². The van der Waals surface area contributed by atoms with Crippen molar-refractivity contribution in [2.45, 2.75) is 51.7 Å². The lowest BCUT2D eigenvalue weighted by Crippen LogP contribution is -2.54. The number of piperazine rings is 1. The van der Waals surface area contributed by atoms with Crippen molar-refractivity contribution in [3.05, 3.63) is 0 Å². The van der Waals surface area contributed by atoms with Crippen LogP contribution >= 0.6 is 0 Å². The van der Waals surface area contributed by atoms with Gasteiger partial charge in [-0.3, -0.25) is 9.59 Å². The topological polar surface area (TPSA) is 53.1 Å². The summed E-state index contributed by atoms with van der Waals surface area (Å²) in [5.41, 5.74) is 0. The van der Waals surface area contributed by atoms with Gasteiger partial charge in [0.1, 0.15) is 6.10 Å². The second kappa shape index (κ2) is 7.83. The number of carbonyl (C=O) groups excluding carboxylic acids is 2. The van der Waals surface area contributed by atoms with Crippen LogP contribution in [0.2, 0.25) is 0 Å². The Morgan fingerprint density at radius 2 is 1.46 bits per heavy atom. The van der Waals surface area contributed by atoms with Gasteiger partial charge in [-0.1, -0.05) is 0 Å². The lowest BCUT2D eigenvalue weighted by Gasteiger charge is -2.39. The van der Waals surface area contributed by atoms with Gasteiger partial charge in [-0.05, 0) is 52.6 Å². The highest BCUT2D eigenvalue weighted by molar-refractivity contribution is 5.82. The molecule has 6 heteroatoms. The van der Waals surface area contributed by atoms with Crippen LogP contribution in [0.15, 0.2) is 0 Å². The summed E-state index contributed by atoms with van der Waals surface area (Å²) in [6, 6.07) is 0.563.